The molecule has 1 unspecified atom stereocenters. The molecule has 1 saturated heterocycles. The van der Waals surface area contributed by atoms with E-state index in [0.717, 1.165) is 6.54 Å². The van der Waals surface area contributed by atoms with Crippen molar-refractivity contribution in [3.8, 4) is 0 Å². The summed E-state index contributed by atoms with van der Waals surface area (Å²) in [5.41, 5.74) is 0. The first-order valence-corrected chi connectivity index (χ1v) is 2.14. The van der Waals surface area contributed by atoms with Crippen molar-refractivity contribution in [2.75, 3.05) is 13.7 Å². The van der Waals surface area contributed by atoms with Gasteiger partial charge in [-0.3, -0.25) is 5.32 Å². The van der Waals surface area contributed by atoms with Crippen LogP contribution in [-0.4, -0.2) is 18.8 Å². The molecule has 0 bridgehead atoms. The second kappa shape index (κ2) is 2.18. The fourth-order valence-electron chi connectivity index (χ4n) is 0.214. The lowest BCUT2D eigenvalue weighted by Crippen LogP contribution is -2.06. The van der Waals surface area contributed by atoms with Gasteiger partial charge in [-0.05, 0) is 0 Å². The number of methoxy groups -OCH3 is 1. The third-order valence-electron chi connectivity index (χ3n) is 0.778. The maximum atomic E-state index is 5.50. The number of rotatable bonds is 1. The number of alkyl halides is 1. The van der Waals surface area contributed by atoms with Gasteiger partial charge >= 0.3 is 0 Å². The molecule has 0 radical (unpaired) electrons. The zero-order chi connectivity index (χ0) is 4.62. The molecule has 0 aromatic rings. The summed E-state index contributed by atoms with van der Waals surface area (Å²) in [4.78, 5) is 0. The van der Waals surface area contributed by atoms with Gasteiger partial charge in [-0.1, -0.05) is 11.6 Å². The van der Waals surface area contributed by atoms with Gasteiger partial charge in [0.1, 0.15) is 0 Å². The first kappa shape index (κ1) is 7.50. The highest BCUT2D eigenvalue weighted by Crippen LogP contribution is 2.21. The van der Waals surface area contributed by atoms with E-state index in [2.05, 4.69) is 5.32 Å². The zero-order valence-electron chi connectivity index (χ0n) is 3.90. The third kappa shape index (κ3) is 1.82. The predicted octanol–water partition coefficient (Wildman–Crippen LogP) is 0.550. The fourth-order valence-corrected chi connectivity index (χ4v) is 0.281. The Morgan fingerprint density at radius 1 is 1.86 bits per heavy atom. The predicted molar refractivity (Wildman–Crippen MR) is 30.8 cm³/mol. The Balaban J connectivity index is 0.000000360. The first-order valence-electron chi connectivity index (χ1n) is 1.76. The lowest BCUT2D eigenvalue weighted by molar-refractivity contribution is 0.146. The largest absolute Gasteiger partial charge is 0.349 e. The van der Waals surface area contributed by atoms with Gasteiger partial charge < -0.3 is 4.74 Å². The molecule has 7 heavy (non-hydrogen) atoms. The first-order chi connectivity index (χ1) is 2.77. The molecule has 0 aromatic carbocycles. The van der Waals surface area contributed by atoms with Gasteiger partial charge in [0.25, 0.3) is 0 Å². The van der Waals surface area contributed by atoms with Crippen LogP contribution in [0.4, 0.5) is 0 Å². The third-order valence-corrected chi connectivity index (χ3v) is 1.20. The van der Waals surface area contributed by atoms with E-state index in [1.807, 2.05) is 0 Å². The minimum absolute atomic E-state index is 0. The monoisotopic (exact) mass is 143 g/mol. The highest BCUT2D eigenvalue weighted by Gasteiger charge is 2.39. The Kier molecular flexibility index (Phi) is 2.33. The van der Waals surface area contributed by atoms with E-state index < -0.39 is 5.18 Å². The number of halogens is 2. The second-order valence-corrected chi connectivity index (χ2v) is 1.90. The summed E-state index contributed by atoms with van der Waals surface area (Å²) >= 11 is 5.50. The fraction of sp³-hybridized carbons (Fsp3) is 1.00. The molecule has 1 aliphatic rings. The molecule has 0 amide bonds. The van der Waals surface area contributed by atoms with Gasteiger partial charge in [0, 0.05) is 7.11 Å². The standard InChI is InChI=1S/C3H6ClNO.ClH/c1-6-3(4)2-5-3;/h5H,2H2,1H3;1H. The summed E-state index contributed by atoms with van der Waals surface area (Å²) in [5, 5.41) is 2.32. The Labute approximate surface area is 53.6 Å². The Hall–Kier alpha value is 0.500. The van der Waals surface area contributed by atoms with E-state index in [9.17, 15) is 0 Å². The normalized spacial score (nSPS) is 36.9. The summed E-state index contributed by atoms with van der Waals surface area (Å²) < 4.78 is 4.70. The van der Waals surface area contributed by atoms with Gasteiger partial charge in [0.15, 0.2) is 0 Å². The molecule has 44 valence electrons. The quantitative estimate of drug-likeness (QED) is 0.331. The lowest BCUT2D eigenvalue weighted by atomic mass is 10.9. The average Bonchev–Trinajstić information content (AvgIpc) is 2.22. The van der Waals surface area contributed by atoms with Crippen molar-refractivity contribution in [2.24, 2.45) is 0 Å². The molecule has 1 N–H and O–H groups in total. The van der Waals surface area contributed by atoms with Crippen LogP contribution in [-0.2, 0) is 4.74 Å². The Morgan fingerprint density at radius 3 is 2.29 bits per heavy atom. The van der Waals surface area contributed by atoms with E-state index in [4.69, 9.17) is 16.3 Å². The van der Waals surface area contributed by atoms with Gasteiger partial charge in [0.05, 0.1) is 6.54 Å². The lowest BCUT2D eigenvalue weighted by Gasteiger charge is -1.95. The van der Waals surface area contributed by atoms with Crippen molar-refractivity contribution in [3.63, 3.8) is 0 Å². The van der Waals surface area contributed by atoms with Crippen LogP contribution in [0.3, 0.4) is 0 Å². The summed E-state index contributed by atoms with van der Waals surface area (Å²) in [6.45, 7) is 0.769. The SMILES string of the molecule is COC1(Cl)CN1.Cl. The van der Waals surface area contributed by atoms with E-state index in [-0.39, 0.29) is 12.4 Å². The molecular weight excluding hydrogens is 137 g/mol. The average molecular weight is 144 g/mol. The molecule has 2 nitrogen and oxygen atoms in total. The van der Waals surface area contributed by atoms with E-state index in [1.54, 1.807) is 7.11 Å². The highest BCUT2D eigenvalue weighted by atomic mass is 35.5. The van der Waals surface area contributed by atoms with Crippen molar-refractivity contribution >= 4 is 24.0 Å². The number of ether oxygens (including phenoxy) is 1. The Bertz CT molecular complexity index is 64.0. The van der Waals surface area contributed by atoms with E-state index >= 15 is 0 Å². The summed E-state index contributed by atoms with van der Waals surface area (Å²) in [6, 6.07) is 0. The molecule has 0 spiro atoms. The molecule has 1 rings (SSSR count). The van der Waals surface area contributed by atoms with Gasteiger partial charge in [0.2, 0.25) is 5.18 Å². The van der Waals surface area contributed by atoms with Crippen LogP contribution < -0.4 is 5.32 Å². The van der Waals surface area contributed by atoms with Crippen molar-refractivity contribution < 1.29 is 4.74 Å². The summed E-state index contributed by atoms with van der Waals surface area (Å²) in [7, 11) is 1.58. The van der Waals surface area contributed by atoms with Crippen LogP contribution in [0.5, 0.6) is 0 Å². The van der Waals surface area contributed by atoms with Crippen LogP contribution in [0.1, 0.15) is 0 Å². The zero-order valence-corrected chi connectivity index (χ0v) is 5.47. The van der Waals surface area contributed by atoms with Crippen LogP contribution in [0.2, 0.25) is 0 Å². The maximum absolute atomic E-state index is 5.50. The molecule has 1 fully saturated rings. The Morgan fingerprint density at radius 2 is 2.29 bits per heavy atom. The number of hydrogen-bond donors (Lipinski definition) is 1. The van der Waals surface area contributed by atoms with Gasteiger partial charge in [-0.2, -0.15) is 0 Å². The molecule has 4 heteroatoms. The summed E-state index contributed by atoms with van der Waals surface area (Å²) in [5.74, 6) is 0. The van der Waals surface area contributed by atoms with Crippen LogP contribution >= 0.6 is 24.0 Å². The maximum Gasteiger partial charge on any atom is 0.209 e. The molecule has 0 aliphatic carbocycles. The molecule has 0 saturated carbocycles. The minimum Gasteiger partial charge on any atom is -0.349 e. The van der Waals surface area contributed by atoms with E-state index in [1.165, 1.54) is 0 Å². The van der Waals surface area contributed by atoms with Gasteiger partial charge in [-0.15, -0.1) is 12.4 Å². The van der Waals surface area contributed by atoms with Crippen LogP contribution in [0.25, 0.3) is 0 Å². The smallest absolute Gasteiger partial charge is 0.209 e. The van der Waals surface area contributed by atoms with Crippen molar-refractivity contribution in [1.82, 2.24) is 5.32 Å². The minimum atomic E-state index is -0.486. The number of hydrogen-bond acceptors (Lipinski definition) is 2. The van der Waals surface area contributed by atoms with Crippen LogP contribution in [0.15, 0.2) is 0 Å². The van der Waals surface area contributed by atoms with Crippen molar-refractivity contribution in [3.05, 3.63) is 0 Å². The molecule has 1 aliphatic heterocycles. The summed E-state index contributed by atoms with van der Waals surface area (Å²) in [6.07, 6.45) is 0. The second-order valence-electron chi connectivity index (χ2n) is 1.29. The van der Waals surface area contributed by atoms with Crippen molar-refractivity contribution in [2.45, 2.75) is 5.18 Å². The molecular formula is C3H7Cl2NO. The molecule has 1 atom stereocenters. The molecule has 1 heterocycles. The number of nitrogens with one attached hydrogen (secondary N) is 1. The topological polar surface area (TPSA) is 31.2 Å². The van der Waals surface area contributed by atoms with Crippen molar-refractivity contribution in [1.29, 1.82) is 0 Å². The highest BCUT2D eigenvalue weighted by molar-refractivity contribution is 6.24. The molecule has 0 aromatic heterocycles. The van der Waals surface area contributed by atoms with Gasteiger partial charge in [-0.25, -0.2) is 0 Å². The van der Waals surface area contributed by atoms with E-state index in [0.29, 0.717) is 0 Å². The van der Waals surface area contributed by atoms with Crippen LogP contribution in [0, 0.1) is 0 Å².